The smallest absolute Gasteiger partial charge is 0.356 e. The second-order valence-corrected chi connectivity index (χ2v) is 8.19. The maximum Gasteiger partial charge on any atom is 0.356 e. The van der Waals surface area contributed by atoms with Crippen LogP contribution in [0.2, 0.25) is 0 Å². The summed E-state index contributed by atoms with van der Waals surface area (Å²) >= 11 is 0. The van der Waals surface area contributed by atoms with E-state index in [0.29, 0.717) is 12.8 Å². The first-order chi connectivity index (χ1) is 10.9. The van der Waals surface area contributed by atoms with Gasteiger partial charge in [0.05, 0.1) is 23.4 Å². The maximum absolute atomic E-state index is 12.6. The maximum atomic E-state index is 12.6. The van der Waals surface area contributed by atoms with Crippen molar-refractivity contribution in [1.29, 1.82) is 0 Å². The Morgan fingerprint density at radius 1 is 1.13 bits per heavy atom. The number of fused-ring (bicyclic) bond motifs is 1. The molecule has 9 heteroatoms. The van der Waals surface area contributed by atoms with E-state index in [0.717, 1.165) is 25.2 Å². The molecule has 0 bridgehead atoms. The summed E-state index contributed by atoms with van der Waals surface area (Å²) in [5.74, 6) is -1.64. The zero-order valence-electron chi connectivity index (χ0n) is 12.4. The van der Waals surface area contributed by atoms with Gasteiger partial charge >= 0.3 is 5.97 Å². The molecule has 23 heavy (non-hydrogen) atoms. The molecule has 2 heterocycles. The molecule has 2 atom stereocenters. The van der Waals surface area contributed by atoms with Gasteiger partial charge in [-0.2, -0.15) is 0 Å². The van der Waals surface area contributed by atoms with Gasteiger partial charge in [-0.3, -0.25) is 4.79 Å². The van der Waals surface area contributed by atoms with Crippen LogP contribution in [0.5, 0.6) is 0 Å². The number of rotatable bonds is 2. The highest BCUT2D eigenvalue weighted by Crippen LogP contribution is 2.32. The van der Waals surface area contributed by atoms with E-state index in [-0.39, 0.29) is 35.6 Å². The molecule has 1 aromatic heterocycles. The number of carboxylic acid groups (broad SMARTS) is 1. The largest absolute Gasteiger partial charge is 0.476 e. The van der Waals surface area contributed by atoms with Crippen LogP contribution in [-0.4, -0.2) is 63.9 Å². The van der Waals surface area contributed by atoms with Crippen molar-refractivity contribution in [2.45, 2.75) is 37.0 Å². The van der Waals surface area contributed by atoms with Crippen LogP contribution in [0.1, 0.15) is 46.7 Å². The number of nitrogens with zero attached hydrogens (tertiary/aromatic N) is 3. The summed E-state index contributed by atoms with van der Waals surface area (Å²) in [6, 6.07) is -0.323. The molecule has 2 aliphatic rings. The number of aromatic carboxylic acids is 1. The molecule has 8 nitrogen and oxygen atoms in total. The highest BCUT2D eigenvalue weighted by atomic mass is 32.2. The number of carbonyl (C=O) groups is 2. The minimum absolute atomic E-state index is 0.0404. The number of aromatic nitrogens is 2. The summed E-state index contributed by atoms with van der Waals surface area (Å²) in [4.78, 5) is 32.5. The molecular weight excluding hydrogens is 322 g/mol. The van der Waals surface area contributed by atoms with E-state index in [9.17, 15) is 18.0 Å². The second-order valence-electron chi connectivity index (χ2n) is 5.85. The average molecular weight is 339 g/mol. The molecular formula is C14H17N3O5S. The van der Waals surface area contributed by atoms with Gasteiger partial charge in [0.15, 0.2) is 15.5 Å². The molecule has 2 fully saturated rings. The van der Waals surface area contributed by atoms with Crippen LogP contribution in [0.25, 0.3) is 0 Å². The molecule has 0 spiro atoms. The predicted molar refractivity (Wildman–Crippen MR) is 79.9 cm³/mol. The van der Waals surface area contributed by atoms with Crippen LogP contribution in [0.3, 0.4) is 0 Å². The number of hydrogen-bond acceptors (Lipinski definition) is 6. The first-order valence-electron chi connectivity index (χ1n) is 7.48. The monoisotopic (exact) mass is 339 g/mol. The van der Waals surface area contributed by atoms with Crippen LogP contribution in [0.4, 0.5) is 0 Å². The van der Waals surface area contributed by atoms with Crippen molar-refractivity contribution in [3.05, 3.63) is 23.8 Å². The SMILES string of the molecule is O=C(O)c1cnc(C(=O)N2CCS(=O)(=O)C3CCCCC32)cn1. The molecule has 0 radical (unpaired) electrons. The standard InChI is InChI=1S/C14H17N3O5S/c18-13(9-7-16-10(8-15-9)14(19)20)17-5-6-23(21,22)12-4-2-1-3-11(12)17/h7-8,11-12H,1-6H2,(H,19,20). The van der Waals surface area contributed by atoms with Crippen molar-refractivity contribution < 1.29 is 23.1 Å². The van der Waals surface area contributed by atoms with Gasteiger partial charge in [-0.25, -0.2) is 23.2 Å². The Morgan fingerprint density at radius 3 is 2.43 bits per heavy atom. The van der Waals surface area contributed by atoms with E-state index in [2.05, 4.69) is 9.97 Å². The molecule has 1 amide bonds. The summed E-state index contributed by atoms with van der Waals surface area (Å²) in [5.41, 5.74) is -0.197. The lowest BCUT2D eigenvalue weighted by atomic mass is 9.93. The Morgan fingerprint density at radius 2 is 1.78 bits per heavy atom. The number of hydrogen-bond donors (Lipinski definition) is 1. The Hall–Kier alpha value is -2.03. The van der Waals surface area contributed by atoms with Crippen molar-refractivity contribution in [1.82, 2.24) is 14.9 Å². The lowest BCUT2D eigenvalue weighted by molar-refractivity contribution is 0.0627. The van der Waals surface area contributed by atoms with E-state index in [1.165, 1.54) is 0 Å². The number of amides is 1. The molecule has 1 saturated carbocycles. The first-order valence-corrected chi connectivity index (χ1v) is 9.19. The van der Waals surface area contributed by atoms with E-state index < -0.39 is 21.1 Å². The van der Waals surface area contributed by atoms with E-state index in [4.69, 9.17) is 5.11 Å². The Kier molecular flexibility index (Phi) is 4.05. The third-order valence-corrected chi connectivity index (χ3v) is 6.72. The van der Waals surface area contributed by atoms with Gasteiger partial charge in [0.2, 0.25) is 0 Å². The lowest BCUT2D eigenvalue weighted by Gasteiger charge is -2.43. The van der Waals surface area contributed by atoms with Crippen LogP contribution in [0.15, 0.2) is 12.4 Å². The van der Waals surface area contributed by atoms with Gasteiger partial charge in [-0.15, -0.1) is 0 Å². The molecule has 3 rings (SSSR count). The van der Waals surface area contributed by atoms with Gasteiger partial charge in [0.25, 0.3) is 5.91 Å². The van der Waals surface area contributed by atoms with Gasteiger partial charge in [-0.1, -0.05) is 12.8 Å². The first kappa shape index (κ1) is 15.9. The van der Waals surface area contributed by atoms with Crippen LogP contribution >= 0.6 is 0 Å². The number of carbonyl (C=O) groups excluding carboxylic acids is 1. The predicted octanol–water partition coefficient (Wildman–Crippen LogP) is 0.357. The fourth-order valence-corrected chi connectivity index (χ4v) is 5.39. The Balaban J connectivity index is 1.85. The van der Waals surface area contributed by atoms with Gasteiger partial charge in [-0.05, 0) is 12.8 Å². The van der Waals surface area contributed by atoms with Crippen molar-refractivity contribution in [2.75, 3.05) is 12.3 Å². The summed E-state index contributed by atoms with van der Waals surface area (Å²) in [6.07, 6.45) is 5.16. The van der Waals surface area contributed by atoms with Crippen LogP contribution in [0, 0.1) is 0 Å². The highest BCUT2D eigenvalue weighted by Gasteiger charge is 2.44. The van der Waals surface area contributed by atoms with Crippen molar-refractivity contribution in [3.8, 4) is 0 Å². The van der Waals surface area contributed by atoms with Crippen LogP contribution < -0.4 is 0 Å². The van der Waals surface area contributed by atoms with E-state index >= 15 is 0 Å². The topological polar surface area (TPSA) is 118 Å². The van der Waals surface area contributed by atoms with E-state index in [1.54, 1.807) is 4.90 Å². The lowest BCUT2D eigenvalue weighted by Crippen LogP contribution is -2.57. The van der Waals surface area contributed by atoms with Crippen molar-refractivity contribution in [2.24, 2.45) is 0 Å². The minimum atomic E-state index is -3.16. The Labute approximate surface area is 133 Å². The highest BCUT2D eigenvalue weighted by molar-refractivity contribution is 7.92. The summed E-state index contributed by atoms with van der Waals surface area (Å²) in [6.45, 7) is 0.144. The molecule has 1 N–H and O–H groups in total. The summed E-state index contributed by atoms with van der Waals surface area (Å²) in [7, 11) is -3.16. The number of sulfone groups is 1. The summed E-state index contributed by atoms with van der Waals surface area (Å²) < 4.78 is 24.4. The zero-order valence-corrected chi connectivity index (χ0v) is 13.2. The molecule has 1 aliphatic carbocycles. The van der Waals surface area contributed by atoms with E-state index in [1.807, 2.05) is 0 Å². The molecule has 2 unspecified atom stereocenters. The molecule has 1 saturated heterocycles. The van der Waals surface area contributed by atoms with Crippen molar-refractivity contribution >= 4 is 21.7 Å². The summed E-state index contributed by atoms with van der Waals surface area (Å²) in [5, 5.41) is 8.31. The van der Waals surface area contributed by atoms with Gasteiger partial charge < -0.3 is 10.0 Å². The fourth-order valence-electron chi connectivity index (χ4n) is 3.34. The van der Waals surface area contributed by atoms with Gasteiger partial charge in [0.1, 0.15) is 5.69 Å². The molecule has 124 valence electrons. The minimum Gasteiger partial charge on any atom is -0.476 e. The molecule has 0 aromatic carbocycles. The normalized spacial score (nSPS) is 26.3. The molecule has 1 aliphatic heterocycles. The average Bonchev–Trinajstić information content (AvgIpc) is 2.55. The Bertz CT molecular complexity index is 731. The third-order valence-electron chi connectivity index (χ3n) is 4.50. The number of carboxylic acids is 1. The second kappa shape index (κ2) is 5.88. The third kappa shape index (κ3) is 2.92. The van der Waals surface area contributed by atoms with Crippen LogP contribution in [-0.2, 0) is 9.84 Å². The molecule has 1 aromatic rings. The van der Waals surface area contributed by atoms with Gasteiger partial charge in [0, 0.05) is 12.6 Å². The van der Waals surface area contributed by atoms with Crippen molar-refractivity contribution in [3.63, 3.8) is 0 Å². The zero-order chi connectivity index (χ0) is 16.6. The quantitative estimate of drug-likeness (QED) is 0.826. The fraction of sp³-hybridized carbons (Fsp3) is 0.571.